The maximum atomic E-state index is 12.6. The minimum Gasteiger partial charge on any atom is -0.370 e. The van der Waals surface area contributed by atoms with Gasteiger partial charge in [0.1, 0.15) is 0 Å². The van der Waals surface area contributed by atoms with E-state index in [4.69, 9.17) is 4.74 Å². The Hall–Kier alpha value is -1.69. The fourth-order valence-corrected chi connectivity index (χ4v) is 6.67. The number of carbonyl (C=O) groups excluding carboxylic acids is 1. The van der Waals surface area contributed by atoms with E-state index in [2.05, 4.69) is 24.8 Å². The van der Waals surface area contributed by atoms with Crippen LogP contribution in [0.2, 0.25) is 0 Å². The zero-order valence-corrected chi connectivity index (χ0v) is 18.9. The van der Waals surface area contributed by atoms with Crippen LogP contribution >= 0.6 is 11.3 Å². The van der Waals surface area contributed by atoms with Crippen molar-refractivity contribution < 1.29 is 9.53 Å². The molecule has 2 aromatic rings. The lowest BCUT2D eigenvalue weighted by Crippen LogP contribution is -2.57. The fourth-order valence-electron chi connectivity index (χ4n) is 5.49. The van der Waals surface area contributed by atoms with E-state index in [0.29, 0.717) is 12.0 Å². The Morgan fingerprint density at radius 2 is 2.07 bits per heavy atom. The lowest BCUT2D eigenvalue weighted by molar-refractivity contribution is -0.114. The summed E-state index contributed by atoms with van der Waals surface area (Å²) in [6.07, 6.45) is 4.37. The molecule has 2 saturated heterocycles. The van der Waals surface area contributed by atoms with Crippen molar-refractivity contribution in [2.45, 2.75) is 51.2 Å². The van der Waals surface area contributed by atoms with E-state index in [0.717, 1.165) is 64.0 Å². The zero-order valence-electron chi connectivity index (χ0n) is 18.1. The molecule has 0 aliphatic carbocycles. The molecule has 5 rings (SSSR count). The highest BCUT2D eigenvalue weighted by Gasteiger charge is 2.45. The maximum absolute atomic E-state index is 12.6. The van der Waals surface area contributed by atoms with Crippen LogP contribution in [0.1, 0.15) is 52.4 Å². The number of aryl methyl sites for hydroxylation is 1. The van der Waals surface area contributed by atoms with Crippen LogP contribution in [-0.4, -0.2) is 54.5 Å². The molecule has 1 unspecified atom stereocenters. The smallest absolute Gasteiger partial charge is 0.253 e. The van der Waals surface area contributed by atoms with Gasteiger partial charge in [-0.15, -0.1) is 11.3 Å². The van der Waals surface area contributed by atoms with Crippen molar-refractivity contribution in [3.63, 3.8) is 0 Å². The first-order chi connectivity index (χ1) is 14.6. The lowest BCUT2D eigenvalue weighted by Gasteiger charge is -2.49. The highest BCUT2D eigenvalue weighted by Crippen LogP contribution is 2.46. The van der Waals surface area contributed by atoms with Crippen molar-refractivity contribution >= 4 is 17.2 Å². The van der Waals surface area contributed by atoms with Crippen LogP contribution in [0.3, 0.4) is 0 Å². The fraction of sp³-hybridized carbons (Fsp3) is 0.560. The first-order valence-electron chi connectivity index (χ1n) is 11.4. The summed E-state index contributed by atoms with van der Waals surface area (Å²) in [4.78, 5) is 20.3. The molecule has 1 aromatic heterocycles. The van der Waals surface area contributed by atoms with E-state index in [1.807, 2.05) is 46.6 Å². The van der Waals surface area contributed by atoms with Gasteiger partial charge in [-0.1, -0.05) is 25.1 Å². The first-order valence-corrected chi connectivity index (χ1v) is 12.2. The Labute approximate surface area is 183 Å². The Kier molecular flexibility index (Phi) is 5.46. The third-order valence-corrected chi connectivity index (χ3v) is 8.56. The third-order valence-electron chi connectivity index (χ3n) is 7.22. The van der Waals surface area contributed by atoms with Gasteiger partial charge < -0.3 is 14.5 Å². The summed E-state index contributed by atoms with van der Waals surface area (Å²) in [7, 11) is 0. The van der Waals surface area contributed by atoms with Crippen LogP contribution in [-0.2, 0) is 23.2 Å². The van der Waals surface area contributed by atoms with E-state index in [-0.39, 0.29) is 11.5 Å². The highest BCUT2D eigenvalue weighted by molar-refractivity contribution is 7.12. The Morgan fingerprint density at radius 3 is 2.80 bits per heavy atom. The highest BCUT2D eigenvalue weighted by atomic mass is 32.1. The topological polar surface area (TPSA) is 32.8 Å². The molecule has 4 nitrogen and oxygen atoms in total. The molecular formula is C25H32N2O2S. The second-order valence-electron chi connectivity index (χ2n) is 9.24. The molecule has 4 heterocycles. The predicted molar refractivity (Wildman–Crippen MR) is 121 cm³/mol. The first kappa shape index (κ1) is 20.2. The van der Waals surface area contributed by atoms with Crippen LogP contribution in [0, 0.1) is 5.92 Å². The summed E-state index contributed by atoms with van der Waals surface area (Å²) in [5.74, 6) is 0.759. The van der Waals surface area contributed by atoms with Crippen LogP contribution in [0.15, 0.2) is 36.4 Å². The quantitative estimate of drug-likeness (QED) is 0.732. The molecule has 1 aromatic carbocycles. The number of benzene rings is 1. The molecule has 2 atom stereocenters. The number of rotatable bonds is 4. The van der Waals surface area contributed by atoms with Gasteiger partial charge in [-0.2, -0.15) is 0 Å². The lowest BCUT2D eigenvalue weighted by atomic mass is 9.79. The molecule has 2 fully saturated rings. The third kappa shape index (κ3) is 3.61. The van der Waals surface area contributed by atoms with Crippen LogP contribution in [0.4, 0.5) is 0 Å². The summed E-state index contributed by atoms with van der Waals surface area (Å²) in [5, 5.41) is 0. The van der Waals surface area contributed by atoms with Gasteiger partial charge >= 0.3 is 0 Å². The second-order valence-corrected chi connectivity index (χ2v) is 10.5. The minimum atomic E-state index is -0.0671. The van der Waals surface area contributed by atoms with Crippen molar-refractivity contribution in [3.05, 3.63) is 57.3 Å². The number of hydrogen-bond acceptors (Lipinski definition) is 4. The maximum Gasteiger partial charge on any atom is 0.253 e. The van der Waals surface area contributed by atoms with Gasteiger partial charge in [-0.05, 0) is 49.9 Å². The second kappa shape index (κ2) is 8.10. The number of piperidine rings is 1. The van der Waals surface area contributed by atoms with E-state index >= 15 is 0 Å². The number of amides is 1. The average molecular weight is 425 g/mol. The van der Waals surface area contributed by atoms with Crippen molar-refractivity contribution in [1.29, 1.82) is 0 Å². The molecule has 5 heteroatoms. The molecule has 3 aliphatic rings. The molecule has 0 N–H and O–H groups in total. The molecule has 30 heavy (non-hydrogen) atoms. The van der Waals surface area contributed by atoms with Crippen molar-refractivity contribution in [2.24, 2.45) is 5.92 Å². The Balaban J connectivity index is 1.18. The van der Waals surface area contributed by atoms with Gasteiger partial charge in [0.25, 0.3) is 5.91 Å². The number of hydrogen-bond donors (Lipinski definition) is 0. The summed E-state index contributed by atoms with van der Waals surface area (Å²) >= 11 is 2.00. The van der Waals surface area contributed by atoms with Gasteiger partial charge in [-0.25, -0.2) is 0 Å². The number of ether oxygens (including phenoxy) is 1. The van der Waals surface area contributed by atoms with Crippen LogP contribution < -0.4 is 0 Å². The predicted octanol–water partition coefficient (Wildman–Crippen LogP) is 4.34. The standard InChI is InChI=1S/C25H32N2O2S/c1-3-21-13-22-23(30-21)9-12-29-25(22)10-11-26(18(2)14-25)15-19-16-27(17-19)24(28)20-7-5-4-6-8-20/h4-8,13,18-19H,3,9-12,14-17H2,1-2H3/t18?,25-/m1/s1. The Bertz CT molecular complexity index is 905. The van der Waals surface area contributed by atoms with Crippen molar-refractivity contribution in [3.8, 4) is 0 Å². The van der Waals surface area contributed by atoms with Gasteiger partial charge in [0.05, 0.1) is 12.2 Å². The van der Waals surface area contributed by atoms with Crippen LogP contribution in [0.25, 0.3) is 0 Å². The number of thiophene rings is 1. The van der Waals surface area contributed by atoms with Crippen molar-refractivity contribution in [2.75, 3.05) is 32.8 Å². The van der Waals surface area contributed by atoms with Crippen molar-refractivity contribution in [1.82, 2.24) is 9.80 Å². The van der Waals surface area contributed by atoms with Gasteiger partial charge in [0.2, 0.25) is 0 Å². The molecular weight excluding hydrogens is 392 g/mol. The largest absolute Gasteiger partial charge is 0.370 e. The monoisotopic (exact) mass is 424 g/mol. The molecule has 0 bridgehead atoms. The summed E-state index contributed by atoms with van der Waals surface area (Å²) in [6, 6.07) is 12.6. The van der Waals surface area contributed by atoms with Gasteiger partial charge in [0.15, 0.2) is 0 Å². The number of fused-ring (bicyclic) bond motifs is 2. The Morgan fingerprint density at radius 1 is 1.27 bits per heavy atom. The van der Waals surface area contributed by atoms with Crippen LogP contribution in [0.5, 0.6) is 0 Å². The van der Waals surface area contributed by atoms with E-state index in [1.165, 1.54) is 10.4 Å². The van der Waals surface area contributed by atoms with E-state index in [9.17, 15) is 4.79 Å². The summed E-state index contributed by atoms with van der Waals surface area (Å²) < 4.78 is 6.48. The molecule has 1 amide bonds. The minimum absolute atomic E-state index is 0.0671. The van der Waals surface area contributed by atoms with Gasteiger partial charge in [-0.3, -0.25) is 4.79 Å². The summed E-state index contributed by atoms with van der Waals surface area (Å²) in [6.45, 7) is 9.41. The number of nitrogens with zero attached hydrogens (tertiary/aromatic N) is 2. The SMILES string of the molecule is CCc1cc2c(s1)CCO[C@@]21CCN(CC2CN(C(=O)c3ccccc3)C2)C(C)C1. The molecule has 0 radical (unpaired) electrons. The molecule has 160 valence electrons. The molecule has 0 saturated carbocycles. The average Bonchev–Trinajstić information content (AvgIpc) is 3.17. The zero-order chi connectivity index (χ0) is 20.7. The summed E-state index contributed by atoms with van der Waals surface area (Å²) in [5.41, 5.74) is 2.23. The molecule has 3 aliphatic heterocycles. The normalized spacial score (nSPS) is 27.1. The number of likely N-dealkylation sites (tertiary alicyclic amines) is 2. The van der Waals surface area contributed by atoms with E-state index in [1.54, 1.807) is 4.88 Å². The van der Waals surface area contributed by atoms with E-state index < -0.39 is 0 Å². The number of carbonyl (C=O) groups is 1. The van der Waals surface area contributed by atoms with Gasteiger partial charge in [0, 0.05) is 59.9 Å². The molecule has 1 spiro atoms.